The summed E-state index contributed by atoms with van der Waals surface area (Å²) in [4.78, 5) is 12.8. The second-order valence-corrected chi connectivity index (χ2v) is 4.40. The van der Waals surface area contributed by atoms with E-state index in [1.807, 2.05) is 0 Å². The van der Waals surface area contributed by atoms with Crippen molar-refractivity contribution in [3.05, 3.63) is 29.8 Å². The first-order chi connectivity index (χ1) is 9.06. The molecule has 106 valence electrons. The number of anilines is 1. The van der Waals surface area contributed by atoms with Gasteiger partial charge in [0.2, 0.25) is 5.91 Å². The predicted octanol–water partition coefficient (Wildman–Crippen LogP) is 2.87. The van der Waals surface area contributed by atoms with E-state index in [0.717, 1.165) is 31.0 Å². The zero-order valence-corrected chi connectivity index (χ0v) is 11.0. The molecule has 1 amide bonds. The number of hydrogen-bond donors (Lipinski definition) is 1. The maximum absolute atomic E-state index is 13.6. The minimum Gasteiger partial charge on any atom is -0.396 e. The minimum atomic E-state index is -0.605. The van der Waals surface area contributed by atoms with Crippen LogP contribution in [0.1, 0.15) is 32.6 Å². The third-order valence-corrected chi connectivity index (χ3v) is 2.87. The first-order valence-electron chi connectivity index (χ1n) is 6.40. The monoisotopic (exact) mass is 271 g/mol. The minimum absolute atomic E-state index is 0.0188. The number of nitrogens with zero attached hydrogens (tertiary/aromatic N) is 1. The Morgan fingerprint density at radius 3 is 2.53 bits per heavy atom. The summed E-state index contributed by atoms with van der Waals surface area (Å²) in [5, 5.41) is 8.65. The summed E-state index contributed by atoms with van der Waals surface area (Å²) in [6, 6.07) is 3.08. The van der Waals surface area contributed by atoms with Crippen molar-refractivity contribution in [2.24, 2.45) is 0 Å². The number of aliphatic hydroxyl groups excluding tert-OH is 1. The molecule has 0 saturated carbocycles. The summed E-state index contributed by atoms with van der Waals surface area (Å²) in [5.74, 6) is -1.48. The van der Waals surface area contributed by atoms with Crippen molar-refractivity contribution in [3.63, 3.8) is 0 Å². The Hall–Kier alpha value is -1.49. The van der Waals surface area contributed by atoms with E-state index >= 15 is 0 Å². The van der Waals surface area contributed by atoms with E-state index in [0.29, 0.717) is 19.4 Å². The van der Waals surface area contributed by atoms with Crippen molar-refractivity contribution >= 4 is 11.6 Å². The molecule has 1 rings (SSSR count). The van der Waals surface area contributed by atoms with E-state index in [1.54, 1.807) is 0 Å². The van der Waals surface area contributed by atoms with Gasteiger partial charge >= 0.3 is 0 Å². The molecule has 3 nitrogen and oxygen atoms in total. The number of benzene rings is 1. The van der Waals surface area contributed by atoms with Crippen LogP contribution in [0.5, 0.6) is 0 Å². The molecule has 0 atom stereocenters. The number of halogens is 2. The number of hydrogen-bond acceptors (Lipinski definition) is 2. The van der Waals surface area contributed by atoms with Gasteiger partial charge in [-0.25, -0.2) is 8.78 Å². The number of aliphatic hydroxyl groups is 1. The standard InChI is InChI=1S/C14H19F2NO2/c1-11(19)17(8-4-2-3-5-9-18)14-10-12(15)6-7-13(14)16/h6-7,10,18H,2-5,8-9H2,1H3. The molecular formula is C14H19F2NO2. The summed E-state index contributed by atoms with van der Waals surface area (Å²) in [6.07, 6.45) is 3.10. The first kappa shape index (κ1) is 15.6. The number of carbonyl (C=O) groups excluding carboxylic acids is 1. The topological polar surface area (TPSA) is 40.5 Å². The van der Waals surface area contributed by atoms with Crippen molar-refractivity contribution in [2.45, 2.75) is 32.6 Å². The fourth-order valence-corrected chi connectivity index (χ4v) is 1.88. The van der Waals surface area contributed by atoms with Crippen molar-refractivity contribution in [1.29, 1.82) is 0 Å². The van der Waals surface area contributed by atoms with Crippen molar-refractivity contribution in [1.82, 2.24) is 0 Å². The Morgan fingerprint density at radius 2 is 1.89 bits per heavy atom. The van der Waals surface area contributed by atoms with Crippen LogP contribution in [0.3, 0.4) is 0 Å². The number of unbranched alkanes of at least 4 members (excludes halogenated alkanes) is 3. The SMILES string of the molecule is CC(=O)N(CCCCCCO)c1cc(F)ccc1F. The molecule has 1 aromatic carbocycles. The highest BCUT2D eigenvalue weighted by molar-refractivity contribution is 5.91. The molecule has 0 saturated heterocycles. The van der Waals surface area contributed by atoms with E-state index in [-0.39, 0.29) is 18.2 Å². The normalized spacial score (nSPS) is 10.5. The highest BCUT2D eigenvalue weighted by Crippen LogP contribution is 2.21. The van der Waals surface area contributed by atoms with E-state index in [2.05, 4.69) is 0 Å². The molecule has 0 aromatic heterocycles. The molecule has 5 heteroatoms. The first-order valence-corrected chi connectivity index (χ1v) is 6.40. The molecule has 0 aliphatic heterocycles. The van der Waals surface area contributed by atoms with Gasteiger partial charge in [-0.1, -0.05) is 12.8 Å². The zero-order chi connectivity index (χ0) is 14.3. The summed E-state index contributed by atoms with van der Waals surface area (Å²) < 4.78 is 26.7. The lowest BCUT2D eigenvalue weighted by Gasteiger charge is -2.21. The molecule has 0 aliphatic carbocycles. The second-order valence-electron chi connectivity index (χ2n) is 4.40. The molecule has 0 unspecified atom stereocenters. The number of amides is 1. The van der Waals surface area contributed by atoms with Crippen LogP contribution in [0.4, 0.5) is 14.5 Å². The lowest BCUT2D eigenvalue weighted by atomic mass is 10.2. The average Bonchev–Trinajstić information content (AvgIpc) is 2.37. The van der Waals surface area contributed by atoms with E-state index in [9.17, 15) is 13.6 Å². The van der Waals surface area contributed by atoms with Crippen molar-refractivity contribution in [3.8, 4) is 0 Å². The number of carbonyl (C=O) groups is 1. The lowest BCUT2D eigenvalue weighted by Crippen LogP contribution is -2.30. The Kier molecular flexibility index (Phi) is 6.42. The summed E-state index contributed by atoms with van der Waals surface area (Å²) in [6.45, 7) is 1.83. The van der Waals surface area contributed by atoms with Crippen LogP contribution in [-0.2, 0) is 4.79 Å². The van der Waals surface area contributed by atoms with Gasteiger partial charge in [0.25, 0.3) is 0 Å². The molecule has 0 spiro atoms. The molecule has 0 heterocycles. The van der Waals surface area contributed by atoms with E-state index in [1.165, 1.54) is 11.8 Å². The van der Waals surface area contributed by atoms with Crippen LogP contribution in [0.2, 0.25) is 0 Å². The van der Waals surface area contributed by atoms with Gasteiger partial charge in [0.15, 0.2) is 0 Å². The summed E-state index contributed by atoms with van der Waals surface area (Å²) >= 11 is 0. The fraction of sp³-hybridized carbons (Fsp3) is 0.500. The van der Waals surface area contributed by atoms with Crippen molar-refractivity contribution < 1.29 is 18.7 Å². The fourth-order valence-electron chi connectivity index (χ4n) is 1.88. The average molecular weight is 271 g/mol. The van der Waals surface area contributed by atoms with E-state index in [4.69, 9.17) is 5.11 Å². The number of rotatable bonds is 7. The smallest absolute Gasteiger partial charge is 0.223 e. The molecule has 1 aromatic rings. The Labute approximate surface area is 111 Å². The van der Waals surface area contributed by atoms with Gasteiger partial charge in [-0.05, 0) is 25.0 Å². The predicted molar refractivity (Wildman–Crippen MR) is 69.9 cm³/mol. The zero-order valence-electron chi connectivity index (χ0n) is 11.0. The maximum Gasteiger partial charge on any atom is 0.223 e. The van der Waals surface area contributed by atoms with E-state index < -0.39 is 11.6 Å². The Morgan fingerprint density at radius 1 is 1.21 bits per heavy atom. The molecule has 0 aliphatic rings. The highest BCUT2D eigenvalue weighted by Gasteiger charge is 2.16. The molecule has 0 radical (unpaired) electrons. The van der Waals surface area contributed by atoms with Crippen LogP contribution in [0, 0.1) is 11.6 Å². The van der Waals surface area contributed by atoms with Gasteiger partial charge < -0.3 is 10.0 Å². The third kappa shape index (κ3) is 4.95. The molecule has 1 N–H and O–H groups in total. The van der Waals surface area contributed by atoms with Gasteiger partial charge in [0.1, 0.15) is 11.6 Å². The quantitative estimate of drug-likeness (QED) is 0.775. The molecule has 19 heavy (non-hydrogen) atoms. The Balaban J connectivity index is 2.67. The van der Waals surface area contributed by atoms with Gasteiger partial charge in [-0.3, -0.25) is 4.79 Å². The molecular weight excluding hydrogens is 252 g/mol. The maximum atomic E-state index is 13.6. The largest absolute Gasteiger partial charge is 0.396 e. The molecule has 0 bridgehead atoms. The van der Waals surface area contributed by atoms with Gasteiger partial charge in [-0.15, -0.1) is 0 Å². The van der Waals surface area contributed by atoms with Crippen LogP contribution < -0.4 is 4.90 Å². The van der Waals surface area contributed by atoms with Crippen LogP contribution in [-0.4, -0.2) is 24.2 Å². The van der Waals surface area contributed by atoms with Gasteiger partial charge in [0, 0.05) is 26.1 Å². The Bertz CT molecular complexity index is 424. The van der Waals surface area contributed by atoms with Crippen molar-refractivity contribution in [2.75, 3.05) is 18.1 Å². The van der Waals surface area contributed by atoms with Gasteiger partial charge in [0.05, 0.1) is 5.69 Å². The van der Waals surface area contributed by atoms with Crippen LogP contribution in [0.25, 0.3) is 0 Å². The highest BCUT2D eigenvalue weighted by atomic mass is 19.1. The third-order valence-electron chi connectivity index (χ3n) is 2.87. The lowest BCUT2D eigenvalue weighted by molar-refractivity contribution is -0.116. The second kappa shape index (κ2) is 7.84. The van der Waals surface area contributed by atoms with Crippen LogP contribution >= 0.6 is 0 Å². The van der Waals surface area contributed by atoms with Gasteiger partial charge in [-0.2, -0.15) is 0 Å². The summed E-state index contributed by atoms with van der Waals surface area (Å²) in [7, 11) is 0. The summed E-state index contributed by atoms with van der Waals surface area (Å²) in [5.41, 5.74) is -0.0188. The van der Waals surface area contributed by atoms with Crippen LogP contribution in [0.15, 0.2) is 18.2 Å². The molecule has 0 fully saturated rings.